The molecule has 0 aliphatic rings. The maximum Gasteiger partial charge on any atom is 0.373 e. The Labute approximate surface area is 115 Å². The van der Waals surface area contributed by atoms with Gasteiger partial charge >= 0.3 is 5.97 Å². The molecule has 1 aromatic carbocycles. The fraction of sp³-hybridized carbons (Fsp3) is 0.562. The fourth-order valence-corrected chi connectivity index (χ4v) is 1.85. The summed E-state index contributed by atoms with van der Waals surface area (Å²) in [6, 6.07) is 7.59. The molecule has 19 heavy (non-hydrogen) atoms. The molecule has 0 bridgehead atoms. The van der Waals surface area contributed by atoms with Gasteiger partial charge in [0.2, 0.25) is 0 Å². The molecule has 3 heteroatoms. The fourth-order valence-electron chi connectivity index (χ4n) is 1.85. The van der Waals surface area contributed by atoms with E-state index in [9.17, 15) is 4.79 Å². The van der Waals surface area contributed by atoms with Crippen LogP contribution in [0.5, 0.6) is 0 Å². The number of unbranched alkanes of at least 4 members (excludes halogenated alkanes) is 3. The van der Waals surface area contributed by atoms with E-state index in [2.05, 4.69) is 13.8 Å². The van der Waals surface area contributed by atoms with E-state index in [1.807, 2.05) is 18.2 Å². The van der Waals surface area contributed by atoms with Gasteiger partial charge in [-0.3, -0.25) is 4.89 Å². The van der Waals surface area contributed by atoms with Crippen molar-refractivity contribution >= 4 is 5.97 Å². The number of rotatable bonds is 9. The standard InChI is InChI=1S/C16H24O3/c1-3-5-7-10-14-11-8-9-12-15(14)16(17)19-18-13-6-4-2/h8-9,11-12H,3-7,10,13H2,1-2H3. The molecule has 0 fully saturated rings. The van der Waals surface area contributed by atoms with Gasteiger partial charge in [-0.25, -0.2) is 4.79 Å². The lowest BCUT2D eigenvalue weighted by Gasteiger charge is -2.08. The highest BCUT2D eigenvalue weighted by molar-refractivity contribution is 5.90. The average Bonchev–Trinajstić information content (AvgIpc) is 2.44. The third kappa shape index (κ3) is 5.88. The number of hydrogen-bond acceptors (Lipinski definition) is 3. The Morgan fingerprint density at radius 3 is 2.53 bits per heavy atom. The van der Waals surface area contributed by atoms with E-state index in [0.29, 0.717) is 12.2 Å². The summed E-state index contributed by atoms with van der Waals surface area (Å²) >= 11 is 0. The number of benzene rings is 1. The summed E-state index contributed by atoms with van der Waals surface area (Å²) in [4.78, 5) is 21.7. The average molecular weight is 264 g/mol. The Balaban J connectivity index is 2.52. The molecular weight excluding hydrogens is 240 g/mol. The molecule has 0 heterocycles. The molecule has 0 radical (unpaired) electrons. The second kappa shape index (κ2) is 9.56. The lowest BCUT2D eigenvalue weighted by atomic mass is 10.0. The van der Waals surface area contributed by atoms with E-state index in [0.717, 1.165) is 31.2 Å². The minimum Gasteiger partial charge on any atom is -0.293 e. The van der Waals surface area contributed by atoms with Crippen LogP contribution >= 0.6 is 0 Å². The summed E-state index contributed by atoms with van der Waals surface area (Å²) in [6.07, 6.45) is 6.27. The van der Waals surface area contributed by atoms with E-state index in [1.165, 1.54) is 12.8 Å². The molecule has 106 valence electrons. The highest BCUT2D eigenvalue weighted by Gasteiger charge is 2.12. The van der Waals surface area contributed by atoms with Gasteiger partial charge < -0.3 is 0 Å². The third-order valence-corrected chi connectivity index (χ3v) is 3.00. The van der Waals surface area contributed by atoms with Gasteiger partial charge in [0.25, 0.3) is 0 Å². The minimum atomic E-state index is -0.386. The molecular formula is C16H24O3. The van der Waals surface area contributed by atoms with E-state index in [-0.39, 0.29) is 5.97 Å². The molecule has 0 saturated heterocycles. The number of carbonyl (C=O) groups excluding carboxylic acids is 1. The molecule has 0 atom stereocenters. The van der Waals surface area contributed by atoms with Gasteiger partial charge in [0, 0.05) is 0 Å². The molecule has 1 rings (SSSR count). The SMILES string of the molecule is CCCCCc1ccccc1C(=O)OOCCCC. The van der Waals surface area contributed by atoms with Crippen LogP contribution in [0.1, 0.15) is 61.9 Å². The van der Waals surface area contributed by atoms with Crippen LogP contribution in [0.25, 0.3) is 0 Å². The van der Waals surface area contributed by atoms with Gasteiger partial charge in [-0.05, 0) is 30.9 Å². The molecule has 0 unspecified atom stereocenters. The number of hydrogen-bond donors (Lipinski definition) is 0. The predicted octanol–water partition coefficient (Wildman–Crippen LogP) is 4.31. The van der Waals surface area contributed by atoms with Crippen molar-refractivity contribution in [1.29, 1.82) is 0 Å². The van der Waals surface area contributed by atoms with Crippen molar-refractivity contribution in [2.75, 3.05) is 6.61 Å². The van der Waals surface area contributed by atoms with Gasteiger partial charge in [0.1, 0.15) is 0 Å². The molecule has 0 aliphatic heterocycles. The Morgan fingerprint density at radius 1 is 1.05 bits per heavy atom. The first-order valence-electron chi connectivity index (χ1n) is 7.21. The lowest BCUT2D eigenvalue weighted by molar-refractivity contribution is -0.241. The first-order chi connectivity index (χ1) is 9.29. The molecule has 3 nitrogen and oxygen atoms in total. The third-order valence-electron chi connectivity index (χ3n) is 3.00. The van der Waals surface area contributed by atoms with Gasteiger partial charge in [-0.1, -0.05) is 51.3 Å². The number of aryl methyl sites for hydroxylation is 1. The first kappa shape index (κ1) is 15.7. The Morgan fingerprint density at radius 2 is 1.79 bits per heavy atom. The zero-order valence-electron chi connectivity index (χ0n) is 12.0. The predicted molar refractivity (Wildman–Crippen MR) is 75.9 cm³/mol. The molecule has 0 amide bonds. The van der Waals surface area contributed by atoms with Crippen LogP contribution in [-0.4, -0.2) is 12.6 Å². The van der Waals surface area contributed by atoms with Crippen LogP contribution in [0.4, 0.5) is 0 Å². The van der Waals surface area contributed by atoms with Gasteiger partial charge in [-0.2, -0.15) is 4.89 Å². The number of carbonyl (C=O) groups is 1. The van der Waals surface area contributed by atoms with Crippen molar-refractivity contribution in [3.63, 3.8) is 0 Å². The summed E-state index contributed by atoms with van der Waals surface area (Å²) in [5.74, 6) is -0.386. The van der Waals surface area contributed by atoms with Gasteiger partial charge in [0.15, 0.2) is 0 Å². The van der Waals surface area contributed by atoms with Crippen LogP contribution in [0.2, 0.25) is 0 Å². The van der Waals surface area contributed by atoms with Crippen molar-refractivity contribution in [2.45, 2.75) is 52.4 Å². The smallest absolute Gasteiger partial charge is 0.293 e. The Hall–Kier alpha value is -1.35. The van der Waals surface area contributed by atoms with Crippen molar-refractivity contribution < 1.29 is 14.6 Å². The lowest BCUT2D eigenvalue weighted by Crippen LogP contribution is -2.09. The largest absolute Gasteiger partial charge is 0.373 e. The molecule has 0 aliphatic carbocycles. The highest BCUT2D eigenvalue weighted by Crippen LogP contribution is 2.14. The summed E-state index contributed by atoms with van der Waals surface area (Å²) in [5, 5.41) is 0. The summed E-state index contributed by atoms with van der Waals surface area (Å²) in [7, 11) is 0. The highest BCUT2D eigenvalue weighted by atomic mass is 17.2. The minimum absolute atomic E-state index is 0.386. The molecule has 0 saturated carbocycles. The zero-order chi connectivity index (χ0) is 13.9. The van der Waals surface area contributed by atoms with Crippen LogP contribution in [0.15, 0.2) is 24.3 Å². The van der Waals surface area contributed by atoms with Crippen molar-refractivity contribution in [2.24, 2.45) is 0 Å². The van der Waals surface area contributed by atoms with Crippen molar-refractivity contribution in [3.8, 4) is 0 Å². The second-order valence-corrected chi connectivity index (χ2v) is 4.66. The van der Waals surface area contributed by atoms with Crippen LogP contribution < -0.4 is 0 Å². The van der Waals surface area contributed by atoms with Crippen molar-refractivity contribution in [3.05, 3.63) is 35.4 Å². The normalized spacial score (nSPS) is 10.4. The van der Waals surface area contributed by atoms with Crippen LogP contribution in [-0.2, 0) is 16.2 Å². The maximum absolute atomic E-state index is 11.9. The molecule has 0 N–H and O–H groups in total. The van der Waals surface area contributed by atoms with Gasteiger partial charge in [0.05, 0.1) is 12.2 Å². The van der Waals surface area contributed by atoms with Gasteiger partial charge in [-0.15, -0.1) is 0 Å². The Kier molecular flexibility index (Phi) is 7.91. The van der Waals surface area contributed by atoms with E-state index >= 15 is 0 Å². The van der Waals surface area contributed by atoms with E-state index < -0.39 is 0 Å². The molecule has 0 spiro atoms. The zero-order valence-corrected chi connectivity index (χ0v) is 12.0. The topological polar surface area (TPSA) is 35.5 Å². The van der Waals surface area contributed by atoms with Crippen LogP contribution in [0.3, 0.4) is 0 Å². The molecule has 1 aromatic rings. The van der Waals surface area contributed by atoms with Crippen molar-refractivity contribution in [1.82, 2.24) is 0 Å². The maximum atomic E-state index is 11.9. The Bertz CT molecular complexity index is 374. The van der Waals surface area contributed by atoms with E-state index in [4.69, 9.17) is 9.78 Å². The summed E-state index contributed by atoms with van der Waals surface area (Å²) in [5.41, 5.74) is 1.66. The second-order valence-electron chi connectivity index (χ2n) is 4.66. The quantitative estimate of drug-likeness (QED) is 0.379. The summed E-state index contributed by atoms with van der Waals surface area (Å²) in [6.45, 7) is 4.69. The van der Waals surface area contributed by atoms with E-state index in [1.54, 1.807) is 6.07 Å². The monoisotopic (exact) mass is 264 g/mol. The molecule has 0 aromatic heterocycles. The first-order valence-corrected chi connectivity index (χ1v) is 7.21. The summed E-state index contributed by atoms with van der Waals surface area (Å²) < 4.78 is 0. The van der Waals surface area contributed by atoms with Crippen LogP contribution in [0, 0.1) is 0 Å².